The van der Waals surface area contributed by atoms with Crippen LogP contribution in [0.4, 0.5) is 5.69 Å². The standard InChI is InChI=1S/C15H21NO/c1-9(2)12-7-5-6-10(3)14(12)16-15(17)13-8-11(13)4/h5-7,9,11,13H,8H2,1-4H3,(H,16,17)/t11-,13+/m0/s1. The number of benzene rings is 1. The average Bonchev–Trinajstić information content (AvgIpc) is 2.98. The zero-order valence-corrected chi connectivity index (χ0v) is 11.1. The van der Waals surface area contributed by atoms with Crippen LogP contribution in [0.3, 0.4) is 0 Å². The van der Waals surface area contributed by atoms with Gasteiger partial charge in [-0.25, -0.2) is 0 Å². The van der Waals surface area contributed by atoms with Gasteiger partial charge in [-0.15, -0.1) is 0 Å². The maximum absolute atomic E-state index is 12.0. The van der Waals surface area contributed by atoms with E-state index in [1.807, 2.05) is 0 Å². The summed E-state index contributed by atoms with van der Waals surface area (Å²) in [4.78, 5) is 12.0. The molecule has 1 N–H and O–H groups in total. The van der Waals surface area contributed by atoms with Crippen molar-refractivity contribution in [1.82, 2.24) is 0 Å². The SMILES string of the molecule is Cc1cccc(C(C)C)c1NC(=O)[C@@H]1C[C@@H]1C. The van der Waals surface area contributed by atoms with Gasteiger partial charge in [0.15, 0.2) is 0 Å². The van der Waals surface area contributed by atoms with Crippen LogP contribution < -0.4 is 5.32 Å². The molecule has 2 heteroatoms. The molecule has 1 aromatic carbocycles. The Hall–Kier alpha value is -1.31. The molecule has 0 aliphatic heterocycles. The van der Waals surface area contributed by atoms with Gasteiger partial charge in [0.1, 0.15) is 0 Å². The number of rotatable bonds is 3. The number of anilines is 1. The fraction of sp³-hybridized carbons (Fsp3) is 0.533. The minimum Gasteiger partial charge on any atom is -0.325 e. The highest BCUT2D eigenvalue weighted by Crippen LogP contribution is 2.39. The maximum Gasteiger partial charge on any atom is 0.227 e. The van der Waals surface area contributed by atoms with E-state index in [2.05, 4.69) is 51.2 Å². The topological polar surface area (TPSA) is 29.1 Å². The Morgan fingerprint density at radius 3 is 2.59 bits per heavy atom. The van der Waals surface area contributed by atoms with Crippen molar-refractivity contribution in [2.45, 2.75) is 40.0 Å². The smallest absolute Gasteiger partial charge is 0.227 e. The van der Waals surface area contributed by atoms with Gasteiger partial charge in [-0.3, -0.25) is 4.79 Å². The first-order valence-electron chi connectivity index (χ1n) is 6.41. The predicted octanol–water partition coefficient (Wildman–Crippen LogP) is 3.71. The highest BCUT2D eigenvalue weighted by Gasteiger charge is 2.39. The molecule has 1 aliphatic carbocycles. The summed E-state index contributed by atoms with van der Waals surface area (Å²) in [6.07, 6.45) is 1.04. The first kappa shape index (κ1) is 12.2. The number of hydrogen-bond acceptors (Lipinski definition) is 1. The number of nitrogens with one attached hydrogen (secondary N) is 1. The van der Waals surface area contributed by atoms with Gasteiger partial charge < -0.3 is 5.32 Å². The summed E-state index contributed by atoms with van der Waals surface area (Å²) in [6, 6.07) is 6.21. The quantitative estimate of drug-likeness (QED) is 0.844. The lowest BCUT2D eigenvalue weighted by atomic mass is 9.98. The van der Waals surface area contributed by atoms with Crippen molar-refractivity contribution in [1.29, 1.82) is 0 Å². The van der Waals surface area contributed by atoms with Gasteiger partial charge in [-0.1, -0.05) is 39.0 Å². The lowest BCUT2D eigenvalue weighted by molar-refractivity contribution is -0.117. The van der Waals surface area contributed by atoms with E-state index in [9.17, 15) is 4.79 Å². The summed E-state index contributed by atoms with van der Waals surface area (Å²) in [6.45, 7) is 8.50. The molecule has 1 saturated carbocycles. The van der Waals surface area contributed by atoms with E-state index in [0.717, 1.165) is 17.7 Å². The predicted molar refractivity (Wildman–Crippen MR) is 71.2 cm³/mol. The average molecular weight is 231 g/mol. The highest BCUT2D eigenvalue weighted by atomic mass is 16.2. The number of carbonyl (C=O) groups excluding carboxylic acids is 1. The first-order chi connectivity index (χ1) is 8.00. The highest BCUT2D eigenvalue weighted by molar-refractivity contribution is 5.95. The number of aryl methyl sites for hydroxylation is 1. The second-order valence-corrected chi connectivity index (χ2v) is 5.50. The zero-order valence-electron chi connectivity index (χ0n) is 11.1. The monoisotopic (exact) mass is 231 g/mol. The molecule has 0 aromatic heterocycles. The van der Waals surface area contributed by atoms with Gasteiger partial charge in [0.2, 0.25) is 5.91 Å². The molecule has 17 heavy (non-hydrogen) atoms. The normalized spacial score (nSPS) is 22.6. The van der Waals surface area contributed by atoms with E-state index in [1.54, 1.807) is 0 Å². The summed E-state index contributed by atoms with van der Waals surface area (Å²) in [7, 11) is 0. The van der Waals surface area contributed by atoms with E-state index in [4.69, 9.17) is 0 Å². The van der Waals surface area contributed by atoms with Crippen molar-refractivity contribution in [3.63, 3.8) is 0 Å². The summed E-state index contributed by atoms with van der Waals surface area (Å²) in [5.41, 5.74) is 3.40. The minimum absolute atomic E-state index is 0.189. The molecule has 2 atom stereocenters. The molecule has 2 nitrogen and oxygen atoms in total. The molecule has 0 spiro atoms. The van der Waals surface area contributed by atoms with Crippen LogP contribution in [-0.4, -0.2) is 5.91 Å². The molecule has 1 aliphatic rings. The number of para-hydroxylation sites is 1. The third-order valence-corrected chi connectivity index (χ3v) is 3.62. The molecular weight excluding hydrogens is 210 g/mol. The third-order valence-electron chi connectivity index (χ3n) is 3.62. The van der Waals surface area contributed by atoms with E-state index < -0.39 is 0 Å². The van der Waals surface area contributed by atoms with Crippen LogP contribution in [0.25, 0.3) is 0 Å². The van der Waals surface area contributed by atoms with E-state index >= 15 is 0 Å². The summed E-state index contributed by atoms with van der Waals surface area (Å²) >= 11 is 0. The van der Waals surface area contributed by atoms with Crippen LogP contribution in [0, 0.1) is 18.8 Å². The van der Waals surface area contributed by atoms with Gasteiger partial charge in [-0.05, 0) is 36.3 Å². The second-order valence-electron chi connectivity index (χ2n) is 5.50. The van der Waals surface area contributed by atoms with Crippen molar-refractivity contribution >= 4 is 11.6 Å². The molecular formula is C15H21NO. The Kier molecular flexibility index (Phi) is 3.23. The minimum atomic E-state index is 0.189. The van der Waals surface area contributed by atoms with Gasteiger partial charge in [0.05, 0.1) is 0 Å². The summed E-state index contributed by atoms with van der Waals surface area (Å²) in [5, 5.41) is 3.11. The van der Waals surface area contributed by atoms with E-state index in [1.165, 1.54) is 5.56 Å². The lowest BCUT2D eigenvalue weighted by Gasteiger charge is -2.16. The van der Waals surface area contributed by atoms with Crippen LogP contribution >= 0.6 is 0 Å². The molecule has 0 bridgehead atoms. The Balaban J connectivity index is 2.22. The Bertz CT molecular complexity index is 437. The molecule has 0 radical (unpaired) electrons. The molecule has 92 valence electrons. The molecule has 1 fully saturated rings. The van der Waals surface area contributed by atoms with Gasteiger partial charge >= 0.3 is 0 Å². The van der Waals surface area contributed by atoms with E-state index in [0.29, 0.717) is 11.8 Å². The third kappa shape index (κ3) is 2.51. The van der Waals surface area contributed by atoms with Crippen LogP contribution in [0.15, 0.2) is 18.2 Å². The van der Waals surface area contributed by atoms with Gasteiger partial charge in [-0.2, -0.15) is 0 Å². The molecule has 0 saturated heterocycles. The second kappa shape index (κ2) is 4.52. The molecule has 0 unspecified atom stereocenters. The van der Waals surface area contributed by atoms with Crippen molar-refractivity contribution in [2.24, 2.45) is 11.8 Å². The molecule has 2 rings (SSSR count). The molecule has 0 heterocycles. The van der Waals surface area contributed by atoms with Gasteiger partial charge in [0, 0.05) is 11.6 Å². The van der Waals surface area contributed by atoms with Crippen LogP contribution in [-0.2, 0) is 4.79 Å². The van der Waals surface area contributed by atoms with Crippen molar-refractivity contribution in [3.8, 4) is 0 Å². The Morgan fingerprint density at radius 1 is 1.41 bits per heavy atom. The van der Waals surface area contributed by atoms with Crippen LogP contribution in [0.2, 0.25) is 0 Å². The fourth-order valence-electron chi connectivity index (χ4n) is 2.25. The van der Waals surface area contributed by atoms with E-state index in [-0.39, 0.29) is 11.8 Å². The summed E-state index contributed by atoms with van der Waals surface area (Å²) in [5.74, 6) is 1.41. The Labute approximate surface area is 103 Å². The van der Waals surface area contributed by atoms with Crippen molar-refractivity contribution < 1.29 is 4.79 Å². The first-order valence-corrected chi connectivity index (χ1v) is 6.41. The Morgan fingerprint density at radius 2 is 2.06 bits per heavy atom. The number of hydrogen-bond donors (Lipinski definition) is 1. The van der Waals surface area contributed by atoms with Crippen molar-refractivity contribution in [3.05, 3.63) is 29.3 Å². The molecule has 1 amide bonds. The van der Waals surface area contributed by atoms with Crippen LogP contribution in [0.1, 0.15) is 44.2 Å². The number of amides is 1. The van der Waals surface area contributed by atoms with Crippen molar-refractivity contribution in [2.75, 3.05) is 5.32 Å². The summed E-state index contributed by atoms with van der Waals surface area (Å²) < 4.78 is 0. The van der Waals surface area contributed by atoms with Gasteiger partial charge in [0.25, 0.3) is 0 Å². The number of carbonyl (C=O) groups is 1. The lowest BCUT2D eigenvalue weighted by Crippen LogP contribution is -2.17. The fourth-order valence-corrected chi connectivity index (χ4v) is 2.25. The van der Waals surface area contributed by atoms with Crippen LogP contribution in [0.5, 0.6) is 0 Å². The maximum atomic E-state index is 12.0. The molecule has 1 aromatic rings. The zero-order chi connectivity index (χ0) is 12.6. The largest absolute Gasteiger partial charge is 0.325 e.